The highest BCUT2D eigenvalue weighted by atomic mass is 32.2. The largest absolute Gasteiger partial charge is 0.394 e. The third kappa shape index (κ3) is 4.03. The van der Waals surface area contributed by atoms with E-state index in [1.54, 1.807) is 6.92 Å². The summed E-state index contributed by atoms with van der Waals surface area (Å²) in [5, 5.41) is 12.7. The second-order valence-electron chi connectivity index (χ2n) is 4.66. The van der Waals surface area contributed by atoms with Gasteiger partial charge in [-0.3, -0.25) is 0 Å². The molecule has 5 heteroatoms. The van der Waals surface area contributed by atoms with Crippen LogP contribution in [0.2, 0.25) is 0 Å². The molecule has 0 aromatic heterocycles. The fraction of sp³-hybridized carbons (Fsp3) is 1.00. The van der Waals surface area contributed by atoms with Gasteiger partial charge in [-0.05, 0) is 12.8 Å². The lowest BCUT2D eigenvalue weighted by molar-refractivity contribution is 0.123. The minimum atomic E-state index is -2.90. The third-order valence-electron chi connectivity index (χ3n) is 3.47. The number of aliphatic hydroxyl groups is 1. The summed E-state index contributed by atoms with van der Waals surface area (Å²) in [5.74, 6) is 0.367. The van der Waals surface area contributed by atoms with Gasteiger partial charge in [0.2, 0.25) is 0 Å². The summed E-state index contributed by atoms with van der Waals surface area (Å²) in [6.45, 7) is 2.23. The lowest BCUT2D eigenvalue weighted by Gasteiger charge is -2.36. The summed E-state index contributed by atoms with van der Waals surface area (Å²) in [6.07, 6.45) is 5.37. The van der Waals surface area contributed by atoms with Gasteiger partial charge < -0.3 is 10.4 Å². The monoisotopic (exact) mass is 249 g/mol. The van der Waals surface area contributed by atoms with E-state index < -0.39 is 9.84 Å². The SMILES string of the molecule is CCS(=O)(=O)CCNC1(CO)CCCCC1. The lowest BCUT2D eigenvalue weighted by atomic mass is 9.82. The van der Waals surface area contributed by atoms with Gasteiger partial charge in [-0.2, -0.15) is 0 Å². The van der Waals surface area contributed by atoms with Crippen molar-refractivity contribution in [1.82, 2.24) is 5.32 Å². The highest BCUT2D eigenvalue weighted by Gasteiger charge is 2.30. The maximum absolute atomic E-state index is 11.3. The van der Waals surface area contributed by atoms with Gasteiger partial charge >= 0.3 is 0 Å². The maximum atomic E-state index is 11.3. The Morgan fingerprint density at radius 2 is 1.88 bits per heavy atom. The molecule has 1 saturated carbocycles. The zero-order valence-corrected chi connectivity index (χ0v) is 10.9. The van der Waals surface area contributed by atoms with Crippen molar-refractivity contribution >= 4 is 9.84 Å². The number of aliphatic hydroxyl groups excluding tert-OH is 1. The van der Waals surface area contributed by atoms with Crippen LogP contribution >= 0.6 is 0 Å². The Morgan fingerprint density at radius 1 is 1.25 bits per heavy atom. The molecule has 16 heavy (non-hydrogen) atoms. The number of nitrogens with one attached hydrogen (secondary N) is 1. The van der Waals surface area contributed by atoms with E-state index in [0.29, 0.717) is 6.54 Å². The normalized spacial score (nSPS) is 20.9. The van der Waals surface area contributed by atoms with Crippen molar-refractivity contribution in [3.05, 3.63) is 0 Å². The molecule has 2 N–H and O–H groups in total. The fourth-order valence-electron chi connectivity index (χ4n) is 2.24. The van der Waals surface area contributed by atoms with Crippen molar-refractivity contribution in [2.24, 2.45) is 0 Å². The second kappa shape index (κ2) is 5.98. The molecule has 0 radical (unpaired) electrons. The Hall–Kier alpha value is -0.130. The number of hydrogen-bond acceptors (Lipinski definition) is 4. The van der Waals surface area contributed by atoms with Crippen LogP contribution in [0.3, 0.4) is 0 Å². The molecule has 0 spiro atoms. The first-order chi connectivity index (χ1) is 7.54. The first-order valence-electron chi connectivity index (χ1n) is 6.10. The zero-order valence-electron chi connectivity index (χ0n) is 10.0. The van der Waals surface area contributed by atoms with Gasteiger partial charge in [0, 0.05) is 17.8 Å². The first-order valence-corrected chi connectivity index (χ1v) is 7.92. The Kier molecular flexibility index (Phi) is 5.21. The highest BCUT2D eigenvalue weighted by Crippen LogP contribution is 2.27. The van der Waals surface area contributed by atoms with E-state index in [0.717, 1.165) is 25.7 Å². The Balaban J connectivity index is 2.39. The number of sulfone groups is 1. The second-order valence-corrected chi connectivity index (χ2v) is 7.13. The highest BCUT2D eigenvalue weighted by molar-refractivity contribution is 7.91. The summed E-state index contributed by atoms with van der Waals surface area (Å²) >= 11 is 0. The van der Waals surface area contributed by atoms with E-state index in [1.807, 2.05) is 0 Å². The molecule has 0 amide bonds. The van der Waals surface area contributed by atoms with Gasteiger partial charge in [0.05, 0.1) is 12.4 Å². The molecule has 1 aliphatic rings. The molecule has 0 aromatic carbocycles. The molecule has 0 unspecified atom stereocenters. The van der Waals surface area contributed by atoms with Crippen molar-refractivity contribution in [2.45, 2.75) is 44.6 Å². The Morgan fingerprint density at radius 3 is 2.38 bits per heavy atom. The van der Waals surface area contributed by atoms with Crippen LogP contribution in [0.15, 0.2) is 0 Å². The van der Waals surface area contributed by atoms with Crippen molar-refractivity contribution in [1.29, 1.82) is 0 Å². The molecule has 1 rings (SSSR count). The molecule has 0 aromatic rings. The van der Waals surface area contributed by atoms with Crippen LogP contribution in [-0.4, -0.2) is 43.7 Å². The molecule has 0 bridgehead atoms. The molecule has 1 aliphatic carbocycles. The molecule has 0 atom stereocenters. The summed E-state index contributed by atoms with van der Waals surface area (Å²) in [5.41, 5.74) is -0.221. The standard InChI is InChI=1S/C11H23NO3S/c1-2-16(14,15)9-8-12-11(10-13)6-4-3-5-7-11/h12-13H,2-10H2,1H3. The van der Waals surface area contributed by atoms with Crippen molar-refractivity contribution in [3.63, 3.8) is 0 Å². The van der Waals surface area contributed by atoms with Crippen molar-refractivity contribution < 1.29 is 13.5 Å². The predicted molar refractivity (Wildman–Crippen MR) is 65.2 cm³/mol. The van der Waals surface area contributed by atoms with Crippen LogP contribution < -0.4 is 5.32 Å². The van der Waals surface area contributed by atoms with Crippen LogP contribution in [0.25, 0.3) is 0 Å². The van der Waals surface area contributed by atoms with E-state index in [1.165, 1.54) is 6.42 Å². The Labute approximate surface area is 98.4 Å². The van der Waals surface area contributed by atoms with E-state index in [-0.39, 0.29) is 23.7 Å². The van der Waals surface area contributed by atoms with Crippen LogP contribution in [0.5, 0.6) is 0 Å². The van der Waals surface area contributed by atoms with Gasteiger partial charge in [-0.1, -0.05) is 26.2 Å². The third-order valence-corrected chi connectivity index (χ3v) is 5.17. The lowest BCUT2D eigenvalue weighted by Crippen LogP contribution is -2.51. The van der Waals surface area contributed by atoms with Gasteiger partial charge in [0.1, 0.15) is 0 Å². The molecule has 0 saturated heterocycles. The van der Waals surface area contributed by atoms with Crippen LogP contribution in [0.4, 0.5) is 0 Å². The number of hydrogen-bond donors (Lipinski definition) is 2. The summed E-state index contributed by atoms with van der Waals surface area (Å²) < 4.78 is 22.7. The van der Waals surface area contributed by atoms with Gasteiger partial charge in [0.15, 0.2) is 9.84 Å². The quantitative estimate of drug-likeness (QED) is 0.727. The maximum Gasteiger partial charge on any atom is 0.151 e. The molecule has 1 fully saturated rings. The molecule has 4 nitrogen and oxygen atoms in total. The van der Waals surface area contributed by atoms with Crippen LogP contribution in [0, 0.1) is 0 Å². The summed E-state index contributed by atoms with van der Waals surface area (Å²) in [6, 6.07) is 0. The first kappa shape index (κ1) is 13.9. The van der Waals surface area contributed by atoms with Crippen LogP contribution in [0.1, 0.15) is 39.0 Å². The molecular formula is C11H23NO3S. The fourth-order valence-corrected chi connectivity index (χ4v) is 2.94. The van der Waals surface area contributed by atoms with E-state index in [4.69, 9.17) is 0 Å². The van der Waals surface area contributed by atoms with Gasteiger partial charge in [-0.15, -0.1) is 0 Å². The van der Waals surface area contributed by atoms with Gasteiger partial charge in [0.25, 0.3) is 0 Å². The summed E-state index contributed by atoms with van der Waals surface area (Å²) in [7, 11) is -2.90. The minimum Gasteiger partial charge on any atom is -0.394 e. The molecule has 0 heterocycles. The average molecular weight is 249 g/mol. The molecule has 0 aliphatic heterocycles. The Bertz CT molecular complexity index is 294. The summed E-state index contributed by atoms with van der Waals surface area (Å²) in [4.78, 5) is 0. The zero-order chi connectivity index (χ0) is 12.1. The van der Waals surface area contributed by atoms with Gasteiger partial charge in [-0.25, -0.2) is 8.42 Å². The molecule has 96 valence electrons. The van der Waals surface area contributed by atoms with Crippen LogP contribution in [-0.2, 0) is 9.84 Å². The van der Waals surface area contributed by atoms with E-state index in [2.05, 4.69) is 5.32 Å². The molecular weight excluding hydrogens is 226 g/mol. The van der Waals surface area contributed by atoms with E-state index in [9.17, 15) is 13.5 Å². The smallest absolute Gasteiger partial charge is 0.151 e. The number of rotatable bonds is 6. The minimum absolute atomic E-state index is 0.110. The van der Waals surface area contributed by atoms with Crippen molar-refractivity contribution in [2.75, 3.05) is 24.7 Å². The topological polar surface area (TPSA) is 66.4 Å². The van der Waals surface area contributed by atoms with Crippen molar-refractivity contribution in [3.8, 4) is 0 Å². The average Bonchev–Trinajstić information content (AvgIpc) is 2.30. The predicted octanol–water partition coefficient (Wildman–Crippen LogP) is 0.706. The van der Waals surface area contributed by atoms with E-state index >= 15 is 0 Å².